The third kappa shape index (κ3) is 5.37. The molecule has 0 spiro atoms. The van der Waals surface area contributed by atoms with Crippen LogP contribution in [0.1, 0.15) is 41.3 Å². The highest BCUT2D eigenvalue weighted by Crippen LogP contribution is 2.18. The number of hydrogen-bond donors (Lipinski definition) is 5. The molecule has 0 saturated carbocycles. The fourth-order valence-electron chi connectivity index (χ4n) is 3.62. The molecule has 3 rings (SSSR count). The first-order valence-electron chi connectivity index (χ1n) is 10.4. The Morgan fingerprint density at radius 1 is 1.18 bits per heavy atom. The highest BCUT2D eigenvalue weighted by atomic mass is 16.4. The fourth-order valence-corrected chi connectivity index (χ4v) is 3.62. The summed E-state index contributed by atoms with van der Waals surface area (Å²) in [5, 5.41) is 20.8. The predicted octanol–water partition coefficient (Wildman–Crippen LogP) is 1.16. The van der Waals surface area contributed by atoms with Crippen molar-refractivity contribution in [3.05, 3.63) is 57.5 Å². The summed E-state index contributed by atoms with van der Waals surface area (Å²) in [7, 11) is 0. The summed E-state index contributed by atoms with van der Waals surface area (Å²) in [5.41, 5.74) is 8.07. The number of nitrogens with two attached hydrogens (primary N) is 1. The smallest absolute Gasteiger partial charge is 0.326 e. The lowest BCUT2D eigenvalue weighted by atomic mass is 10.0. The number of amides is 1. The van der Waals surface area contributed by atoms with Crippen LogP contribution < -0.4 is 16.6 Å². The highest BCUT2D eigenvalue weighted by molar-refractivity contribution is 5.96. The predicted molar refractivity (Wildman–Crippen MR) is 120 cm³/mol. The molecule has 33 heavy (non-hydrogen) atoms. The first-order chi connectivity index (χ1) is 15.7. The van der Waals surface area contributed by atoms with E-state index in [0.717, 1.165) is 11.1 Å². The maximum atomic E-state index is 12.4. The van der Waals surface area contributed by atoms with Gasteiger partial charge in [-0.05, 0) is 49.4 Å². The van der Waals surface area contributed by atoms with Gasteiger partial charge in [-0.3, -0.25) is 19.0 Å². The number of aryl methyl sites for hydroxylation is 3. The first kappa shape index (κ1) is 23.5. The van der Waals surface area contributed by atoms with E-state index in [1.165, 1.54) is 0 Å². The molecule has 1 atom stereocenters. The van der Waals surface area contributed by atoms with Crippen molar-refractivity contribution in [2.24, 2.45) is 0 Å². The number of hydrogen-bond acceptors (Lipinski definition) is 6. The molecule has 1 unspecified atom stereocenters. The molecule has 2 aromatic heterocycles. The van der Waals surface area contributed by atoms with E-state index in [4.69, 9.17) is 10.8 Å². The Morgan fingerprint density at radius 3 is 2.48 bits per heavy atom. The molecule has 0 aliphatic heterocycles. The van der Waals surface area contributed by atoms with Crippen LogP contribution in [0.5, 0.6) is 0 Å². The number of benzene rings is 1. The minimum absolute atomic E-state index is 0.158. The highest BCUT2D eigenvalue weighted by Gasteiger charge is 2.21. The second-order valence-electron chi connectivity index (χ2n) is 7.55. The van der Waals surface area contributed by atoms with Gasteiger partial charge in [-0.2, -0.15) is 4.98 Å². The van der Waals surface area contributed by atoms with Crippen LogP contribution in [0, 0.1) is 0 Å². The van der Waals surface area contributed by atoms with Crippen molar-refractivity contribution >= 4 is 34.8 Å². The monoisotopic (exact) mass is 455 g/mol. The maximum Gasteiger partial charge on any atom is 0.326 e. The largest absolute Gasteiger partial charge is 0.481 e. The van der Waals surface area contributed by atoms with Crippen molar-refractivity contribution < 1.29 is 24.6 Å². The summed E-state index contributed by atoms with van der Waals surface area (Å²) in [5.74, 6) is -2.87. The van der Waals surface area contributed by atoms with E-state index in [0.29, 0.717) is 30.4 Å². The number of carboxylic acid groups (broad SMARTS) is 2. The zero-order valence-electron chi connectivity index (χ0n) is 18.0. The molecule has 0 aliphatic rings. The molecule has 0 radical (unpaired) electrons. The van der Waals surface area contributed by atoms with E-state index >= 15 is 0 Å². The number of aromatic nitrogens is 3. The summed E-state index contributed by atoms with van der Waals surface area (Å²) < 4.78 is 1.73. The van der Waals surface area contributed by atoms with Crippen molar-refractivity contribution in [3.8, 4) is 0 Å². The van der Waals surface area contributed by atoms with Gasteiger partial charge >= 0.3 is 11.9 Å². The number of carboxylic acids is 2. The number of aliphatic carboxylic acids is 2. The first-order valence-corrected chi connectivity index (χ1v) is 10.4. The van der Waals surface area contributed by atoms with Gasteiger partial charge in [-0.25, -0.2) is 4.79 Å². The van der Waals surface area contributed by atoms with E-state index in [-0.39, 0.29) is 29.9 Å². The van der Waals surface area contributed by atoms with Gasteiger partial charge < -0.3 is 26.2 Å². The number of fused-ring (bicyclic) bond motifs is 1. The van der Waals surface area contributed by atoms with Crippen LogP contribution in [0.2, 0.25) is 0 Å². The number of aromatic amines is 1. The molecule has 1 aromatic carbocycles. The lowest BCUT2D eigenvalue weighted by molar-refractivity contribution is -0.140. The Balaban J connectivity index is 1.68. The van der Waals surface area contributed by atoms with E-state index in [2.05, 4.69) is 15.3 Å². The second kappa shape index (κ2) is 9.98. The van der Waals surface area contributed by atoms with Crippen molar-refractivity contribution in [2.75, 3.05) is 5.73 Å². The Bertz CT molecular complexity index is 1240. The van der Waals surface area contributed by atoms with Crippen molar-refractivity contribution in [2.45, 2.75) is 45.2 Å². The lowest BCUT2D eigenvalue weighted by Gasteiger charge is -2.13. The Kier molecular flexibility index (Phi) is 7.11. The average molecular weight is 455 g/mol. The third-order valence-corrected chi connectivity index (χ3v) is 5.38. The number of carbonyl (C=O) groups excluding carboxylic acids is 1. The molecule has 11 heteroatoms. The van der Waals surface area contributed by atoms with Crippen molar-refractivity contribution in [1.82, 2.24) is 19.9 Å². The number of carbonyl (C=O) groups is 3. The van der Waals surface area contributed by atoms with E-state index in [1.54, 1.807) is 35.0 Å². The molecule has 11 nitrogen and oxygen atoms in total. The van der Waals surface area contributed by atoms with Crippen LogP contribution in [0.4, 0.5) is 5.95 Å². The Hall–Kier alpha value is -4.15. The van der Waals surface area contributed by atoms with E-state index < -0.39 is 23.9 Å². The van der Waals surface area contributed by atoms with Crippen LogP contribution in [-0.4, -0.2) is 48.6 Å². The molecule has 0 aliphatic carbocycles. The molecular formula is C22H25N5O6. The van der Waals surface area contributed by atoms with Crippen molar-refractivity contribution in [3.63, 3.8) is 0 Å². The molecular weight excluding hydrogens is 430 g/mol. The van der Waals surface area contributed by atoms with E-state index in [1.807, 2.05) is 6.92 Å². The lowest BCUT2D eigenvalue weighted by Crippen LogP contribution is -2.41. The van der Waals surface area contributed by atoms with Gasteiger partial charge in [0.15, 0.2) is 0 Å². The maximum absolute atomic E-state index is 12.4. The van der Waals surface area contributed by atoms with E-state index in [9.17, 15) is 24.3 Å². The SMILES string of the molecule is CCn1c(N)nc(=O)c2c(CCc3ccc(C(=O)NC(CCC(=O)O)C(=O)O)cc3)c[nH]c21. The molecule has 0 fully saturated rings. The number of anilines is 1. The summed E-state index contributed by atoms with van der Waals surface area (Å²) in [4.78, 5) is 53.6. The molecule has 174 valence electrons. The number of nitrogens with one attached hydrogen (secondary N) is 2. The average Bonchev–Trinajstić information content (AvgIpc) is 3.19. The van der Waals surface area contributed by atoms with Crippen LogP contribution in [0.25, 0.3) is 11.0 Å². The van der Waals surface area contributed by atoms with Crippen LogP contribution in [-0.2, 0) is 29.0 Å². The minimum atomic E-state index is -1.29. The molecule has 6 N–H and O–H groups in total. The minimum Gasteiger partial charge on any atom is -0.481 e. The standard InChI is InChI=1S/C22H25N5O6/c1-2-27-18-17(20(31)26-22(27)23)14(11-24-18)8-5-12-3-6-13(7-4-12)19(30)25-15(21(32)33)9-10-16(28)29/h3-4,6-7,11,15,24H,2,5,8-10H2,1H3,(H,25,30)(H,28,29)(H,32,33)(H2,23,26,31). The molecule has 0 saturated heterocycles. The van der Waals surface area contributed by atoms with Crippen LogP contribution in [0.3, 0.4) is 0 Å². The molecule has 0 bridgehead atoms. The van der Waals surface area contributed by atoms with Crippen LogP contribution in [0.15, 0.2) is 35.3 Å². The number of nitrogens with zero attached hydrogens (tertiary/aromatic N) is 2. The van der Waals surface area contributed by atoms with Gasteiger partial charge in [-0.15, -0.1) is 0 Å². The normalized spacial score (nSPS) is 11.9. The fraction of sp³-hybridized carbons (Fsp3) is 0.318. The van der Waals surface area contributed by atoms with Gasteiger partial charge in [0.1, 0.15) is 11.7 Å². The second-order valence-corrected chi connectivity index (χ2v) is 7.55. The number of rotatable bonds is 10. The number of nitrogen functional groups attached to an aromatic ring is 1. The van der Waals surface area contributed by atoms with Gasteiger partial charge in [0.2, 0.25) is 5.95 Å². The zero-order chi connectivity index (χ0) is 24.1. The van der Waals surface area contributed by atoms with Gasteiger partial charge in [0.25, 0.3) is 11.5 Å². The Labute approximate surface area is 188 Å². The zero-order valence-corrected chi connectivity index (χ0v) is 18.0. The van der Waals surface area contributed by atoms with Gasteiger partial charge in [0, 0.05) is 24.7 Å². The van der Waals surface area contributed by atoms with Crippen LogP contribution >= 0.6 is 0 Å². The number of H-pyrrole nitrogens is 1. The Morgan fingerprint density at radius 2 is 1.88 bits per heavy atom. The summed E-state index contributed by atoms with van der Waals surface area (Å²) >= 11 is 0. The molecule has 3 aromatic rings. The van der Waals surface area contributed by atoms with Crippen molar-refractivity contribution in [1.29, 1.82) is 0 Å². The molecule has 2 heterocycles. The summed E-state index contributed by atoms with van der Waals surface area (Å²) in [6.45, 7) is 2.48. The summed E-state index contributed by atoms with van der Waals surface area (Å²) in [6, 6.07) is 5.35. The van der Waals surface area contributed by atoms with Gasteiger partial charge in [0.05, 0.1) is 5.39 Å². The molecule has 1 amide bonds. The third-order valence-electron chi connectivity index (χ3n) is 5.38. The summed E-state index contributed by atoms with van der Waals surface area (Å²) in [6.07, 6.45) is 2.35. The van der Waals surface area contributed by atoms with Gasteiger partial charge in [-0.1, -0.05) is 12.1 Å². The topological polar surface area (TPSA) is 180 Å². The quantitative estimate of drug-likeness (QED) is 0.302.